The molecule has 0 aliphatic heterocycles. The van der Waals surface area contributed by atoms with Gasteiger partial charge in [0.2, 0.25) is 5.91 Å². The second kappa shape index (κ2) is 9.09. The average molecular weight is 324 g/mol. The van der Waals surface area contributed by atoms with Crippen molar-refractivity contribution in [3.05, 3.63) is 29.8 Å². The Morgan fingerprint density at radius 3 is 2.55 bits per heavy atom. The minimum atomic E-state index is -0.496. The quantitative estimate of drug-likeness (QED) is 0.594. The number of hydrogen-bond acceptors (Lipinski definition) is 5. The highest BCUT2D eigenvalue weighted by atomic mass is 32.2. The number of amides is 2. The third-order valence-corrected chi connectivity index (χ3v) is 3.89. The van der Waals surface area contributed by atoms with Gasteiger partial charge < -0.3 is 15.0 Å². The van der Waals surface area contributed by atoms with Gasteiger partial charge in [0.05, 0.1) is 12.3 Å². The summed E-state index contributed by atoms with van der Waals surface area (Å²) in [5.74, 6) is -1.06. The van der Waals surface area contributed by atoms with Crippen LogP contribution in [0.25, 0.3) is 0 Å². The molecule has 0 atom stereocenters. The smallest absolute Gasteiger partial charge is 0.316 e. The third kappa shape index (κ3) is 6.62. The number of nitrogens with zero attached hydrogens (tertiary/aromatic N) is 1. The zero-order valence-electron chi connectivity index (χ0n) is 12.9. The topological polar surface area (TPSA) is 75.7 Å². The van der Waals surface area contributed by atoms with E-state index in [2.05, 4.69) is 5.32 Å². The maximum absolute atomic E-state index is 11.6. The van der Waals surface area contributed by atoms with Gasteiger partial charge in [-0.15, -0.1) is 11.8 Å². The molecule has 0 saturated carbocycles. The highest BCUT2D eigenvalue weighted by Gasteiger charge is 2.10. The normalized spacial score (nSPS) is 9.95. The van der Waals surface area contributed by atoms with Crippen molar-refractivity contribution in [3.8, 4) is 0 Å². The summed E-state index contributed by atoms with van der Waals surface area (Å²) < 4.78 is 4.86. The Labute approximate surface area is 134 Å². The highest BCUT2D eigenvalue weighted by molar-refractivity contribution is 8.00. The fourth-order valence-electron chi connectivity index (χ4n) is 1.43. The molecule has 0 aliphatic carbocycles. The number of rotatable bonds is 7. The van der Waals surface area contributed by atoms with Crippen LogP contribution >= 0.6 is 11.8 Å². The molecular formula is C15H20N2O4S. The van der Waals surface area contributed by atoms with Crippen molar-refractivity contribution in [1.29, 1.82) is 0 Å². The Hall–Kier alpha value is -2.02. The Morgan fingerprint density at radius 1 is 1.23 bits per heavy atom. The maximum Gasteiger partial charge on any atom is 0.316 e. The lowest BCUT2D eigenvalue weighted by Crippen LogP contribution is -2.38. The van der Waals surface area contributed by atoms with Crippen LogP contribution in [-0.2, 0) is 19.1 Å². The third-order valence-electron chi connectivity index (χ3n) is 2.74. The second-order valence-corrected chi connectivity index (χ2v) is 5.80. The SMILES string of the molecule is Cc1ccccc1SCC(=O)OCC(=O)NCC(=O)N(C)C. The van der Waals surface area contributed by atoms with E-state index < -0.39 is 11.9 Å². The number of hydrogen-bond donors (Lipinski definition) is 1. The van der Waals surface area contributed by atoms with E-state index in [4.69, 9.17) is 4.74 Å². The first-order chi connectivity index (χ1) is 10.4. The van der Waals surface area contributed by atoms with Crippen molar-refractivity contribution in [2.24, 2.45) is 0 Å². The molecule has 2 amide bonds. The molecule has 0 heterocycles. The minimum Gasteiger partial charge on any atom is -0.455 e. The molecule has 0 unspecified atom stereocenters. The summed E-state index contributed by atoms with van der Waals surface area (Å²) in [4.78, 5) is 36.7. The summed E-state index contributed by atoms with van der Waals surface area (Å²) in [6.07, 6.45) is 0. The van der Waals surface area contributed by atoms with Crippen molar-refractivity contribution < 1.29 is 19.1 Å². The summed E-state index contributed by atoms with van der Waals surface area (Å²) in [7, 11) is 3.19. The Morgan fingerprint density at radius 2 is 1.91 bits per heavy atom. The van der Waals surface area contributed by atoms with Crippen LogP contribution in [0.5, 0.6) is 0 Å². The summed E-state index contributed by atoms with van der Waals surface area (Å²) in [5, 5.41) is 2.39. The Balaban J connectivity index is 2.24. The minimum absolute atomic E-state index is 0.110. The van der Waals surface area contributed by atoms with E-state index in [0.29, 0.717) is 0 Å². The first kappa shape index (κ1) is 18.0. The van der Waals surface area contributed by atoms with Crippen molar-refractivity contribution in [2.45, 2.75) is 11.8 Å². The molecule has 1 N–H and O–H groups in total. The van der Waals surface area contributed by atoms with Gasteiger partial charge in [0.15, 0.2) is 6.61 Å². The Bertz CT molecular complexity index is 546. The summed E-state index contributed by atoms with van der Waals surface area (Å²) in [6.45, 7) is 1.47. The van der Waals surface area contributed by atoms with Gasteiger partial charge in [0, 0.05) is 19.0 Å². The molecule has 0 bridgehead atoms. The fourth-order valence-corrected chi connectivity index (χ4v) is 2.25. The van der Waals surface area contributed by atoms with Crippen LogP contribution in [0.3, 0.4) is 0 Å². The van der Waals surface area contributed by atoms with Gasteiger partial charge in [0.25, 0.3) is 5.91 Å². The van der Waals surface area contributed by atoms with E-state index in [9.17, 15) is 14.4 Å². The predicted molar refractivity (Wildman–Crippen MR) is 84.6 cm³/mol. The number of likely N-dealkylation sites (N-methyl/N-ethyl adjacent to an activating group) is 1. The molecule has 22 heavy (non-hydrogen) atoms. The molecule has 1 rings (SSSR count). The van der Waals surface area contributed by atoms with E-state index in [1.807, 2.05) is 31.2 Å². The lowest BCUT2D eigenvalue weighted by molar-refractivity contribution is -0.146. The van der Waals surface area contributed by atoms with Crippen molar-refractivity contribution >= 4 is 29.5 Å². The number of esters is 1. The number of thioether (sulfide) groups is 1. The number of carbonyl (C=O) groups is 3. The van der Waals surface area contributed by atoms with E-state index in [0.717, 1.165) is 10.5 Å². The number of carbonyl (C=O) groups excluding carboxylic acids is 3. The molecule has 120 valence electrons. The molecule has 1 aromatic carbocycles. The molecule has 0 aliphatic rings. The first-order valence-corrected chi connectivity index (χ1v) is 7.69. The summed E-state index contributed by atoms with van der Waals surface area (Å²) in [6, 6.07) is 7.71. The van der Waals surface area contributed by atoms with Crippen LogP contribution in [0.15, 0.2) is 29.2 Å². The number of aryl methyl sites for hydroxylation is 1. The van der Waals surface area contributed by atoms with E-state index in [1.54, 1.807) is 14.1 Å². The van der Waals surface area contributed by atoms with Crippen LogP contribution in [0.4, 0.5) is 0 Å². The van der Waals surface area contributed by atoms with Gasteiger partial charge in [-0.25, -0.2) is 0 Å². The van der Waals surface area contributed by atoms with E-state index in [-0.39, 0.29) is 24.8 Å². The van der Waals surface area contributed by atoms with Crippen LogP contribution < -0.4 is 5.32 Å². The fraction of sp³-hybridized carbons (Fsp3) is 0.400. The molecular weight excluding hydrogens is 304 g/mol. The molecule has 0 aromatic heterocycles. The standard InChI is InChI=1S/C15H20N2O4S/c1-11-6-4-5-7-12(11)22-10-15(20)21-9-13(18)16-8-14(19)17(2)3/h4-7H,8-10H2,1-3H3,(H,16,18). The van der Waals surface area contributed by atoms with Gasteiger partial charge in [-0.1, -0.05) is 18.2 Å². The lowest BCUT2D eigenvalue weighted by Gasteiger charge is -2.11. The van der Waals surface area contributed by atoms with E-state index >= 15 is 0 Å². The summed E-state index contributed by atoms with van der Waals surface area (Å²) in [5.41, 5.74) is 1.08. The zero-order chi connectivity index (χ0) is 16.5. The second-order valence-electron chi connectivity index (χ2n) is 4.78. The van der Waals surface area contributed by atoms with Gasteiger partial charge >= 0.3 is 5.97 Å². The molecule has 6 nitrogen and oxygen atoms in total. The number of benzene rings is 1. The van der Waals surface area contributed by atoms with E-state index in [1.165, 1.54) is 16.7 Å². The van der Waals surface area contributed by atoms with Crippen LogP contribution in [0, 0.1) is 6.92 Å². The number of nitrogens with one attached hydrogen (secondary N) is 1. The maximum atomic E-state index is 11.6. The highest BCUT2D eigenvalue weighted by Crippen LogP contribution is 2.21. The number of ether oxygens (including phenoxy) is 1. The lowest BCUT2D eigenvalue weighted by atomic mass is 10.2. The average Bonchev–Trinajstić information content (AvgIpc) is 2.49. The zero-order valence-corrected chi connectivity index (χ0v) is 13.7. The Kier molecular flexibility index (Phi) is 7.45. The monoisotopic (exact) mass is 324 g/mol. The van der Waals surface area contributed by atoms with Crippen molar-refractivity contribution in [2.75, 3.05) is 33.0 Å². The summed E-state index contributed by atoms with van der Waals surface area (Å²) >= 11 is 1.36. The van der Waals surface area contributed by atoms with Crippen LogP contribution in [0.2, 0.25) is 0 Å². The van der Waals surface area contributed by atoms with Crippen LogP contribution in [0.1, 0.15) is 5.56 Å². The van der Waals surface area contributed by atoms with Gasteiger partial charge in [-0.2, -0.15) is 0 Å². The van der Waals surface area contributed by atoms with Crippen molar-refractivity contribution in [1.82, 2.24) is 10.2 Å². The van der Waals surface area contributed by atoms with Crippen molar-refractivity contribution in [3.63, 3.8) is 0 Å². The molecule has 0 fully saturated rings. The van der Waals surface area contributed by atoms with Gasteiger partial charge in [0.1, 0.15) is 0 Å². The first-order valence-electron chi connectivity index (χ1n) is 6.71. The van der Waals surface area contributed by atoms with Crippen LogP contribution in [-0.4, -0.2) is 55.7 Å². The van der Waals surface area contributed by atoms with Gasteiger partial charge in [-0.3, -0.25) is 14.4 Å². The van der Waals surface area contributed by atoms with Gasteiger partial charge in [-0.05, 0) is 18.6 Å². The molecule has 1 aromatic rings. The molecule has 7 heteroatoms. The predicted octanol–water partition coefficient (Wildman–Crippen LogP) is 0.835. The molecule has 0 radical (unpaired) electrons. The largest absolute Gasteiger partial charge is 0.455 e. The molecule has 0 spiro atoms. The molecule has 0 saturated heterocycles.